The zero-order valence-corrected chi connectivity index (χ0v) is 7.68. The number of halogens is 1. The van der Waals surface area contributed by atoms with Crippen molar-refractivity contribution in [1.82, 2.24) is 0 Å². The van der Waals surface area contributed by atoms with Gasteiger partial charge in [0.15, 0.2) is 0 Å². The van der Waals surface area contributed by atoms with Crippen LogP contribution in [0.15, 0.2) is 0 Å². The Kier molecular flexibility index (Phi) is 2.96. The third kappa shape index (κ3) is 1.90. The summed E-state index contributed by atoms with van der Waals surface area (Å²) in [6.45, 7) is 0.645. The molecule has 12 heavy (non-hydrogen) atoms. The van der Waals surface area contributed by atoms with Crippen LogP contribution in [-0.4, -0.2) is 22.5 Å². The molecule has 0 unspecified atom stereocenters. The lowest BCUT2D eigenvalue weighted by Crippen LogP contribution is -2.38. The number of alkyl halides is 1. The van der Waals surface area contributed by atoms with Gasteiger partial charge in [0.1, 0.15) is 4.87 Å². The van der Waals surface area contributed by atoms with E-state index in [0.29, 0.717) is 25.3 Å². The monoisotopic (exact) mass is 191 g/mol. The number of carboxylic acid groups (broad SMARTS) is 1. The summed E-state index contributed by atoms with van der Waals surface area (Å²) >= 11 is 5.89. The van der Waals surface area contributed by atoms with Crippen LogP contribution < -0.4 is 5.73 Å². The van der Waals surface area contributed by atoms with Gasteiger partial charge in [-0.05, 0) is 38.1 Å². The lowest BCUT2D eigenvalue weighted by atomic mass is 9.81. The summed E-state index contributed by atoms with van der Waals surface area (Å²) in [5.74, 6) is -0.420. The van der Waals surface area contributed by atoms with Crippen molar-refractivity contribution in [1.29, 1.82) is 0 Å². The van der Waals surface area contributed by atoms with Crippen LogP contribution in [0.1, 0.15) is 25.7 Å². The van der Waals surface area contributed by atoms with E-state index >= 15 is 0 Å². The molecule has 0 bridgehead atoms. The maximum Gasteiger partial charge on any atom is 0.324 e. The molecule has 1 aliphatic rings. The average molecular weight is 192 g/mol. The summed E-state index contributed by atoms with van der Waals surface area (Å²) in [5.41, 5.74) is 5.48. The van der Waals surface area contributed by atoms with Gasteiger partial charge in [-0.3, -0.25) is 4.79 Å². The van der Waals surface area contributed by atoms with Crippen LogP contribution in [0.5, 0.6) is 0 Å². The number of hydrogen-bond acceptors (Lipinski definition) is 2. The highest BCUT2D eigenvalue weighted by atomic mass is 35.5. The summed E-state index contributed by atoms with van der Waals surface area (Å²) in [6.07, 6.45) is 2.77. The normalized spacial score (nSPS) is 36.3. The molecule has 0 amide bonds. The molecule has 1 saturated carbocycles. The van der Waals surface area contributed by atoms with Crippen molar-refractivity contribution in [2.45, 2.75) is 30.6 Å². The number of hydrogen-bond donors (Lipinski definition) is 2. The van der Waals surface area contributed by atoms with Gasteiger partial charge in [0.25, 0.3) is 0 Å². The van der Waals surface area contributed by atoms with Crippen molar-refractivity contribution < 1.29 is 9.90 Å². The second-order valence-electron chi connectivity index (χ2n) is 3.45. The molecule has 70 valence electrons. The molecule has 0 aromatic heterocycles. The summed E-state index contributed by atoms with van der Waals surface area (Å²) in [7, 11) is 0. The van der Waals surface area contributed by atoms with Crippen molar-refractivity contribution >= 4 is 17.6 Å². The Bertz CT molecular complexity index is 176. The quantitative estimate of drug-likeness (QED) is 0.645. The minimum Gasteiger partial charge on any atom is -0.480 e. The number of aliphatic carboxylic acids is 1. The van der Waals surface area contributed by atoms with Gasteiger partial charge < -0.3 is 10.8 Å². The second kappa shape index (κ2) is 3.62. The molecule has 0 spiro atoms. The molecule has 1 aliphatic carbocycles. The van der Waals surface area contributed by atoms with Crippen molar-refractivity contribution in [3.05, 3.63) is 0 Å². The zero-order valence-electron chi connectivity index (χ0n) is 6.92. The highest BCUT2D eigenvalue weighted by Crippen LogP contribution is 2.36. The lowest BCUT2D eigenvalue weighted by molar-refractivity contribution is -0.141. The number of carboxylic acids is 1. The first-order valence-electron chi connectivity index (χ1n) is 4.21. The standard InChI is InChI=1S/C8H14ClNO2/c9-8(7(11)12)3-1-6(5-10)2-4-8/h6H,1-5,10H2,(H,11,12). The Balaban J connectivity index is 2.49. The van der Waals surface area contributed by atoms with Gasteiger partial charge in [-0.15, -0.1) is 11.6 Å². The Hall–Kier alpha value is -0.280. The van der Waals surface area contributed by atoms with Gasteiger partial charge in [-0.1, -0.05) is 0 Å². The highest BCUT2D eigenvalue weighted by Gasteiger charge is 2.39. The van der Waals surface area contributed by atoms with E-state index in [1.165, 1.54) is 0 Å². The molecule has 0 aromatic rings. The van der Waals surface area contributed by atoms with Gasteiger partial charge in [0, 0.05) is 0 Å². The van der Waals surface area contributed by atoms with Crippen LogP contribution in [0.25, 0.3) is 0 Å². The molecule has 4 heteroatoms. The van der Waals surface area contributed by atoms with Crippen LogP contribution in [-0.2, 0) is 4.79 Å². The second-order valence-corrected chi connectivity index (χ2v) is 4.17. The SMILES string of the molecule is NCC1CCC(Cl)(C(=O)O)CC1. The van der Waals surface area contributed by atoms with Gasteiger partial charge in [0.05, 0.1) is 0 Å². The van der Waals surface area contributed by atoms with Crippen LogP contribution in [0.3, 0.4) is 0 Å². The lowest BCUT2D eigenvalue weighted by Gasteiger charge is -2.31. The fourth-order valence-electron chi connectivity index (χ4n) is 1.58. The average Bonchev–Trinajstić information content (AvgIpc) is 2.06. The maximum absolute atomic E-state index is 10.7. The third-order valence-corrected chi connectivity index (χ3v) is 3.15. The van der Waals surface area contributed by atoms with E-state index in [4.69, 9.17) is 22.4 Å². The molecule has 0 aromatic carbocycles. The molecular weight excluding hydrogens is 178 g/mol. The van der Waals surface area contributed by atoms with Crippen LogP contribution in [0.4, 0.5) is 0 Å². The largest absolute Gasteiger partial charge is 0.480 e. The predicted molar refractivity (Wildman–Crippen MR) is 47.2 cm³/mol. The minimum atomic E-state index is -1.01. The van der Waals surface area contributed by atoms with Gasteiger partial charge in [-0.2, -0.15) is 0 Å². The van der Waals surface area contributed by atoms with Crippen LogP contribution in [0.2, 0.25) is 0 Å². The van der Waals surface area contributed by atoms with E-state index < -0.39 is 10.8 Å². The molecule has 0 aliphatic heterocycles. The fraction of sp³-hybridized carbons (Fsp3) is 0.875. The smallest absolute Gasteiger partial charge is 0.324 e. The van der Waals surface area contributed by atoms with E-state index in [1.54, 1.807) is 0 Å². The molecule has 0 atom stereocenters. The molecule has 1 rings (SSSR count). The third-order valence-electron chi connectivity index (χ3n) is 2.61. The van der Waals surface area contributed by atoms with Crippen molar-refractivity contribution in [2.24, 2.45) is 11.7 Å². The van der Waals surface area contributed by atoms with E-state index in [-0.39, 0.29) is 0 Å². The zero-order chi connectivity index (χ0) is 9.19. The van der Waals surface area contributed by atoms with E-state index in [9.17, 15) is 4.79 Å². The predicted octanol–water partition coefficient (Wildman–Crippen LogP) is 1.20. The number of carbonyl (C=O) groups is 1. The summed E-state index contributed by atoms with van der Waals surface area (Å²) < 4.78 is 0. The maximum atomic E-state index is 10.7. The minimum absolute atomic E-state index is 0.469. The number of nitrogens with two attached hydrogens (primary N) is 1. The topological polar surface area (TPSA) is 63.3 Å². The first-order chi connectivity index (χ1) is 5.58. The van der Waals surface area contributed by atoms with E-state index in [0.717, 1.165) is 12.8 Å². The first-order valence-corrected chi connectivity index (χ1v) is 4.58. The Morgan fingerprint density at radius 2 is 2.08 bits per heavy atom. The molecule has 0 saturated heterocycles. The molecule has 0 radical (unpaired) electrons. The molecule has 3 nitrogen and oxygen atoms in total. The van der Waals surface area contributed by atoms with Crippen molar-refractivity contribution in [3.63, 3.8) is 0 Å². The van der Waals surface area contributed by atoms with Crippen molar-refractivity contribution in [3.8, 4) is 0 Å². The van der Waals surface area contributed by atoms with Crippen LogP contribution in [0, 0.1) is 5.92 Å². The van der Waals surface area contributed by atoms with Gasteiger partial charge in [0.2, 0.25) is 0 Å². The highest BCUT2D eigenvalue weighted by molar-refractivity contribution is 6.33. The first kappa shape index (κ1) is 9.81. The van der Waals surface area contributed by atoms with E-state index in [2.05, 4.69) is 0 Å². The van der Waals surface area contributed by atoms with Gasteiger partial charge >= 0.3 is 5.97 Å². The molecule has 0 heterocycles. The van der Waals surface area contributed by atoms with Gasteiger partial charge in [-0.25, -0.2) is 0 Å². The Morgan fingerprint density at radius 1 is 1.58 bits per heavy atom. The fourth-order valence-corrected chi connectivity index (χ4v) is 1.80. The van der Waals surface area contributed by atoms with E-state index in [1.807, 2.05) is 0 Å². The van der Waals surface area contributed by atoms with Crippen molar-refractivity contribution in [2.75, 3.05) is 6.54 Å². The Morgan fingerprint density at radius 3 is 2.42 bits per heavy atom. The summed E-state index contributed by atoms with van der Waals surface area (Å²) in [4.78, 5) is 9.70. The van der Waals surface area contributed by atoms with Crippen LogP contribution >= 0.6 is 11.6 Å². The summed E-state index contributed by atoms with van der Waals surface area (Å²) in [5, 5.41) is 8.79. The number of rotatable bonds is 2. The molecular formula is C8H14ClNO2. The molecule has 3 N–H and O–H groups in total. The molecule has 1 fully saturated rings. The summed E-state index contributed by atoms with van der Waals surface area (Å²) in [6, 6.07) is 0. The Labute approximate surface area is 76.9 Å².